The summed E-state index contributed by atoms with van der Waals surface area (Å²) in [6, 6.07) is 0.653. The summed E-state index contributed by atoms with van der Waals surface area (Å²) < 4.78 is 5.12. The molecule has 1 aliphatic rings. The summed E-state index contributed by atoms with van der Waals surface area (Å²) in [5, 5.41) is 3.30. The lowest BCUT2D eigenvalue weighted by molar-refractivity contribution is 0.118. The van der Waals surface area contributed by atoms with Crippen LogP contribution in [0.3, 0.4) is 0 Å². The third kappa shape index (κ3) is 6.62. The summed E-state index contributed by atoms with van der Waals surface area (Å²) in [6.45, 7) is 11.2. The van der Waals surface area contributed by atoms with Crippen molar-refractivity contribution in [2.24, 2.45) is 0 Å². The van der Waals surface area contributed by atoms with Crippen molar-refractivity contribution >= 4 is 0 Å². The van der Waals surface area contributed by atoms with Crippen molar-refractivity contribution in [2.75, 3.05) is 13.7 Å². The minimum atomic E-state index is 0.463. The summed E-state index contributed by atoms with van der Waals surface area (Å²) in [6.07, 6.45) is 1.63. The summed E-state index contributed by atoms with van der Waals surface area (Å²) >= 11 is 0. The first-order valence-electron chi connectivity index (χ1n) is 5.09. The Kier molecular flexibility index (Phi) is 13.1. The summed E-state index contributed by atoms with van der Waals surface area (Å²) in [5.74, 6) is 0. The first-order valence-corrected chi connectivity index (χ1v) is 5.09. The van der Waals surface area contributed by atoms with E-state index in [1.807, 2.05) is 27.7 Å². The highest BCUT2D eigenvalue weighted by atomic mass is 16.5. The van der Waals surface area contributed by atoms with E-state index in [0.717, 1.165) is 13.0 Å². The van der Waals surface area contributed by atoms with Crippen molar-refractivity contribution < 1.29 is 4.74 Å². The van der Waals surface area contributed by atoms with Crippen molar-refractivity contribution in [1.82, 2.24) is 5.32 Å². The lowest BCUT2D eigenvalue weighted by Gasteiger charge is -2.02. The Morgan fingerprint density at radius 1 is 1.17 bits per heavy atom. The van der Waals surface area contributed by atoms with Gasteiger partial charge in [-0.3, -0.25) is 0 Å². The summed E-state index contributed by atoms with van der Waals surface area (Å²) in [4.78, 5) is 0. The molecule has 2 heteroatoms. The zero-order valence-corrected chi connectivity index (χ0v) is 9.48. The van der Waals surface area contributed by atoms with Crippen molar-refractivity contribution in [3.8, 4) is 0 Å². The molecule has 0 spiro atoms. The number of nitrogens with one attached hydrogen (secondary N) is 1. The van der Waals surface area contributed by atoms with Crippen LogP contribution in [-0.2, 0) is 4.74 Å². The van der Waals surface area contributed by atoms with E-state index in [1.54, 1.807) is 7.11 Å². The van der Waals surface area contributed by atoms with Gasteiger partial charge in [-0.25, -0.2) is 0 Å². The molecular weight excluding hydrogens is 150 g/mol. The van der Waals surface area contributed by atoms with Crippen molar-refractivity contribution in [3.05, 3.63) is 0 Å². The van der Waals surface area contributed by atoms with Gasteiger partial charge in [0.2, 0.25) is 0 Å². The third-order valence-corrected chi connectivity index (χ3v) is 1.64. The monoisotopic (exact) mass is 175 g/mol. The van der Waals surface area contributed by atoms with E-state index >= 15 is 0 Å². The number of hydrogen-bond donors (Lipinski definition) is 1. The fourth-order valence-electron chi connectivity index (χ4n) is 1.07. The Labute approximate surface area is 77.7 Å². The lowest BCUT2D eigenvalue weighted by Crippen LogP contribution is -2.18. The van der Waals surface area contributed by atoms with E-state index in [2.05, 4.69) is 12.2 Å². The first kappa shape index (κ1) is 14.4. The molecule has 0 amide bonds. The molecule has 2 unspecified atom stereocenters. The smallest absolute Gasteiger partial charge is 0.0710 e. The van der Waals surface area contributed by atoms with Crippen LogP contribution in [0.1, 0.15) is 41.0 Å². The average molecular weight is 175 g/mol. The predicted molar refractivity (Wildman–Crippen MR) is 55.6 cm³/mol. The molecule has 0 aromatic carbocycles. The molecule has 1 saturated heterocycles. The molecule has 1 N–H and O–H groups in total. The van der Waals surface area contributed by atoms with E-state index in [9.17, 15) is 0 Å². The molecule has 2 atom stereocenters. The van der Waals surface area contributed by atoms with Crippen LogP contribution in [0.25, 0.3) is 0 Å². The van der Waals surface area contributed by atoms with Gasteiger partial charge in [0.15, 0.2) is 0 Å². The van der Waals surface area contributed by atoms with E-state index in [-0.39, 0.29) is 0 Å². The molecule has 0 aromatic rings. The average Bonchev–Trinajstić information content (AvgIpc) is 2.58. The molecule has 0 radical (unpaired) electrons. The molecule has 2 nitrogen and oxygen atoms in total. The van der Waals surface area contributed by atoms with Crippen LogP contribution in [0.5, 0.6) is 0 Å². The SMILES string of the molecule is CC.CC.COC1CNC(C)C1. The minimum Gasteiger partial charge on any atom is -0.380 e. The molecule has 0 bridgehead atoms. The van der Waals surface area contributed by atoms with Gasteiger partial charge in [0.1, 0.15) is 0 Å². The topological polar surface area (TPSA) is 21.3 Å². The molecule has 12 heavy (non-hydrogen) atoms. The Bertz CT molecular complexity index is 76.2. The van der Waals surface area contributed by atoms with Gasteiger partial charge in [-0.15, -0.1) is 0 Å². The van der Waals surface area contributed by atoms with Crippen LogP contribution >= 0.6 is 0 Å². The van der Waals surface area contributed by atoms with Crippen LogP contribution in [0, 0.1) is 0 Å². The van der Waals surface area contributed by atoms with E-state index in [1.165, 1.54) is 0 Å². The standard InChI is InChI=1S/C6H13NO.2C2H6/c1-5-3-6(8-2)4-7-5;2*1-2/h5-7H,3-4H2,1-2H3;2*1-2H3. The maximum absolute atomic E-state index is 5.12. The Morgan fingerprint density at radius 2 is 1.67 bits per heavy atom. The van der Waals surface area contributed by atoms with E-state index in [0.29, 0.717) is 12.1 Å². The third-order valence-electron chi connectivity index (χ3n) is 1.64. The lowest BCUT2D eigenvalue weighted by atomic mass is 10.2. The van der Waals surface area contributed by atoms with Gasteiger partial charge in [-0.2, -0.15) is 0 Å². The normalized spacial score (nSPS) is 26.5. The maximum atomic E-state index is 5.12. The van der Waals surface area contributed by atoms with Gasteiger partial charge in [0, 0.05) is 19.7 Å². The minimum absolute atomic E-state index is 0.463. The number of ether oxygens (including phenoxy) is 1. The van der Waals surface area contributed by atoms with Gasteiger partial charge in [0.25, 0.3) is 0 Å². The highest BCUT2D eigenvalue weighted by Gasteiger charge is 2.18. The Hall–Kier alpha value is -0.0800. The molecule has 1 rings (SSSR count). The van der Waals surface area contributed by atoms with Crippen LogP contribution in [0.2, 0.25) is 0 Å². The van der Waals surface area contributed by atoms with Crippen LogP contribution in [0.15, 0.2) is 0 Å². The van der Waals surface area contributed by atoms with Crippen molar-refractivity contribution in [2.45, 2.75) is 53.2 Å². The molecule has 0 aliphatic carbocycles. The second kappa shape index (κ2) is 10.9. The second-order valence-corrected chi connectivity index (χ2v) is 2.40. The van der Waals surface area contributed by atoms with Crippen molar-refractivity contribution in [1.29, 1.82) is 0 Å². The maximum Gasteiger partial charge on any atom is 0.0710 e. The number of hydrogen-bond acceptors (Lipinski definition) is 2. The highest BCUT2D eigenvalue weighted by Crippen LogP contribution is 2.07. The zero-order chi connectivity index (χ0) is 9.98. The first-order chi connectivity index (χ1) is 5.83. The van der Waals surface area contributed by atoms with Crippen molar-refractivity contribution in [3.63, 3.8) is 0 Å². The quantitative estimate of drug-likeness (QED) is 0.661. The van der Waals surface area contributed by atoms with Crippen LogP contribution in [-0.4, -0.2) is 25.8 Å². The van der Waals surface area contributed by atoms with Gasteiger partial charge in [-0.05, 0) is 13.3 Å². The number of methoxy groups -OCH3 is 1. The molecule has 0 aromatic heterocycles. The molecule has 1 heterocycles. The van der Waals surface area contributed by atoms with E-state index < -0.39 is 0 Å². The van der Waals surface area contributed by atoms with Gasteiger partial charge >= 0.3 is 0 Å². The van der Waals surface area contributed by atoms with Gasteiger partial charge < -0.3 is 10.1 Å². The highest BCUT2D eigenvalue weighted by molar-refractivity contribution is 4.77. The Morgan fingerprint density at radius 3 is 1.83 bits per heavy atom. The Balaban J connectivity index is 0. The molecular formula is C10H25NO. The van der Waals surface area contributed by atoms with Gasteiger partial charge in [0.05, 0.1) is 6.10 Å². The molecule has 76 valence electrons. The predicted octanol–water partition coefficient (Wildman–Crippen LogP) is 2.44. The zero-order valence-electron chi connectivity index (χ0n) is 9.48. The van der Waals surface area contributed by atoms with Crippen LogP contribution in [0.4, 0.5) is 0 Å². The fourth-order valence-corrected chi connectivity index (χ4v) is 1.07. The van der Waals surface area contributed by atoms with Crippen LogP contribution < -0.4 is 5.32 Å². The second-order valence-electron chi connectivity index (χ2n) is 2.40. The number of rotatable bonds is 1. The molecule has 0 saturated carbocycles. The summed E-state index contributed by atoms with van der Waals surface area (Å²) in [5.41, 5.74) is 0. The largest absolute Gasteiger partial charge is 0.380 e. The summed E-state index contributed by atoms with van der Waals surface area (Å²) in [7, 11) is 1.77. The molecule has 1 aliphatic heterocycles. The van der Waals surface area contributed by atoms with E-state index in [4.69, 9.17) is 4.74 Å². The molecule has 1 fully saturated rings. The van der Waals surface area contributed by atoms with Gasteiger partial charge in [-0.1, -0.05) is 27.7 Å². The fraction of sp³-hybridized carbons (Fsp3) is 1.00.